The number of alkyl halides is 6. The van der Waals surface area contributed by atoms with Gasteiger partial charge < -0.3 is 25.8 Å². The molecule has 5 rings (SSSR count). The number of benzene rings is 2. The molecule has 46 heavy (non-hydrogen) atoms. The Morgan fingerprint density at radius 1 is 0.826 bits per heavy atom. The van der Waals surface area contributed by atoms with E-state index < -0.39 is 24.3 Å². The zero-order chi connectivity index (χ0) is 34.1. The van der Waals surface area contributed by atoms with E-state index in [0.717, 1.165) is 51.3 Å². The lowest BCUT2D eigenvalue weighted by Crippen LogP contribution is -2.31. The van der Waals surface area contributed by atoms with Gasteiger partial charge in [-0.25, -0.2) is 14.0 Å². The second-order valence-electron chi connectivity index (χ2n) is 9.55. The second kappa shape index (κ2) is 15.2. The number of carbonyl (C=O) groups excluding carboxylic acids is 1. The Hall–Kier alpha value is -5.25. The van der Waals surface area contributed by atoms with Crippen molar-refractivity contribution in [3.05, 3.63) is 101 Å². The summed E-state index contributed by atoms with van der Waals surface area (Å²) >= 11 is 0. The summed E-state index contributed by atoms with van der Waals surface area (Å²) in [5.41, 5.74) is 7.71. The Morgan fingerprint density at radius 3 is 2.02 bits per heavy atom. The van der Waals surface area contributed by atoms with E-state index in [1.807, 2.05) is 30.3 Å². The Bertz CT molecular complexity index is 1650. The van der Waals surface area contributed by atoms with Crippen LogP contribution in [0.1, 0.15) is 27.2 Å². The first-order valence-corrected chi connectivity index (χ1v) is 13.2. The van der Waals surface area contributed by atoms with E-state index in [2.05, 4.69) is 32.7 Å². The minimum atomic E-state index is -5.08. The Labute approximate surface area is 256 Å². The third-order valence-corrected chi connectivity index (χ3v) is 6.15. The summed E-state index contributed by atoms with van der Waals surface area (Å²) in [7, 11) is 0. The van der Waals surface area contributed by atoms with Crippen molar-refractivity contribution in [3.63, 3.8) is 0 Å². The first-order valence-electron chi connectivity index (χ1n) is 13.2. The quantitative estimate of drug-likeness (QED) is 0.167. The molecule has 16 heteroatoms. The number of nitrogens with zero attached hydrogens (tertiary/aromatic N) is 1. The first kappa shape index (κ1) is 35.2. The van der Waals surface area contributed by atoms with Crippen LogP contribution in [0.25, 0.3) is 22.5 Å². The lowest BCUT2D eigenvalue weighted by molar-refractivity contribution is -0.193. The summed E-state index contributed by atoms with van der Waals surface area (Å²) < 4.78 is 76.5. The monoisotopic (exact) mass is 654 g/mol. The van der Waals surface area contributed by atoms with Crippen LogP contribution in [0.3, 0.4) is 0 Å². The molecule has 244 valence electrons. The molecule has 2 aromatic carbocycles. The maximum atomic E-state index is 13.0. The number of pyridine rings is 1. The number of hydrogen-bond donors (Lipinski definition) is 5. The molecule has 1 amide bonds. The summed E-state index contributed by atoms with van der Waals surface area (Å²) in [6, 6.07) is 20.7. The standard InChI is InChI=1S/C26H23FN4O.2C2HF3O2/c27-21-6-4-17(5-7-21)15-28-16-18-2-1-3-19(12-18)24-13-20(8-10-29-24)25-14-22-23(31-25)9-11-30-26(22)32;2*3-2(4,5)1(6)7/h1-8,10,12-14,28,31H,9,11,15-16H2,(H,30,32);2*(H,6,7). The zero-order valence-corrected chi connectivity index (χ0v) is 23.5. The van der Waals surface area contributed by atoms with Crippen LogP contribution in [-0.4, -0.2) is 56.9 Å². The summed E-state index contributed by atoms with van der Waals surface area (Å²) in [6.45, 7) is 2.03. The van der Waals surface area contributed by atoms with Crippen molar-refractivity contribution in [2.45, 2.75) is 31.9 Å². The van der Waals surface area contributed by atoms with Crippen molar-refractivity contribution >= 4 is 17.8 Å². The number of aliphatic carboxylic acids is 2. The Morgan fingerprint density at radius 2 is 1.43 bits per heavy atom. The first-order chi connectivity index (χ1) is 21.5. The summed E-state index contributed by atoms with van der Waals surface area (Å²) in [5, 5.41) is 20.5. The largest absolute Gasteiger partial charge is 0.490 e. The predicted molar refractivity (Wildman–Crippen MR) is 150 cm³/mol. The van der Waals surface area contributed by atoms with Gasteiger partial charge in [-0.15, -0.1) is 0 Å². The molecule has 4 aromatic rings. The van der Waals surface area contributed by atoms with Crippen LogP contribution in [0.5, 0.6) is 0 Å². The second-order valence-corrected chi connectivity index (χ2v) is 9.55. The molecule has 0 radical (unpaired) electrons. The van der Waals surface area contributed by atoms with E-state index >= 15 is 0 Å². The molecule has 0 aliphatic carbocycles. The SMILES string of the molecule is O=C(O)C(F)(F)F.O=C(O)C(F)(F)F.O=C1NCCc2[nH]c(-c3ccnc(-c4cccc(CNCc5ccc(F)cc5)c4)c3)cc21. The number of H-pyrrole nitrogens is 1. The topological polar surface area (TPSA) is 144 Å². The number of amides is 1. The van der Waals surface area contributed by atoms with Gasteiger partial charge in [-0.2, -0.15) is 26.3 Å². The van der Waals surface area contributed by atoms with E-state index in [1.165, 1.54) is 12.1 Å². The number of fused-ring (bicyclic) bond motifs is 1. The highest BCUT2D eigenvalue weighted by molar-refractivity contribution is 5.97. The summed E-state index contributed by atoms with van der Waals surface area (Å²) in [4.78, 5) is 37.8. The highest BCUT2D eigenvalue weighted by Gasteiger charge is 2.38. The van der Waals surface area contributed by atoms with Gasteiger partial charge >= 0.3 is 24.3 Å². The van der Waals surface area contributed by atoms with Gasteiger partial charge in [0.15, 0.2) is 0 Å². The van der Waals surface area contributed by atoms with Gasteiger partial charge in [0.1, 0.15) is 5.82 Å². The normalized spacial score (nSPS) is 12.5. The van der Waals surface area contributed by atoms with Gasteiger partial charge in [-0.3, -0.25) is 9.78 Å². The molecular formula is C30H25F7N4O5. The van der Waals surface area contributed by atoms with Gasteiger partial charge in [-0.1, -0.05) is 30.3 Å². The average molecular weight is 655 g/mol. The van der Waals surface area contributed by atoms with E-state index in [-0.39, 0.29) is 11.7 Å². The van der Waals surface area contributed by atoms with Crippen LogP contribution in [0.4, 0.5) is 30.7 Å². The number of nitrogens with one attached hydrogen (secondary N) is 3. The molecule has 0 atom stereocenters. The van der Waals surface area contributed by atoms with Crippen LogP contribution in [0, 0.1) is 5.82 Å². The maximum Gasteiger partial charge on any atom is 0.490 e. The molecule has 0 saturated carbocycles. The molecule has 0 unspecified atom stereocenters. The molecule has 5 N–H and O–H groups in total. The minimum absolute atomic E-state index is 0.0242. The number of halogens is 7. The number of rotatable bonds is 6. The third kappa shape index (κ3) is 10.4. The lowest BCUT2D eigenvalue weighted by atomic mass is 10.0. The molecule has 1 aliphatic rings. The lowest BCUT2D eigenvalue weighted by Gasteiger charge is -2.11. The van der Waals surface area contributed by atoms with Gasteiger partial charge in [0.2, 0.25) is 0 Å². The van der Waals surface area contributed by atoms with Crippen LogP contribution in [0.15, 0.2) is 72.9 Å². The molecule has 0 saturated heterocycles. The van der Waals surface area contributed by atoms with Crippen molar-refractivity contribution in [1.29, 1.82) is 0 Å². The van der Waals surface area contributed by atoms with Crippen molar-refractivity contribution in [3.8, 4) is 22.5 Å². The van der Waals surface area contributed by atoms with Gasteiger partial charge in [-0.05, 0) is 47.5 Å². The van der Waals surface area contributed by atoms with E-state index in [1.54, 1.807) is 18.3 Å². The Balaban J connectivity index is 0.000000345. The fraction of sp³-hybridized carbons (Fsp3) is 0.200. The molecule has 0 bridgehead atoms. The van der Waals surface area contributed by atoms with Crippen LogP contribution in [0.2, 0.25) is 0 Å². The van der Waals surface area contributed by atoms with Crippen LogP contribution in [-0.2, 0) is 29.1 Å². The van der Waals surface area contributed by atoms with Crippen LogP contribution < -0.4 is 10.6 Å². The van der Waals surface area contributed by atoms with Crippen LogP contribution >= 0.6 is 0 Å². The smallest absolute Gasteiger partial charge is 0.475 e. The van der Waals surface area contributed by atoms with Crippen molar-refractivity contribution in [1.82, 2.24) is 20.6 Å². The van der Waals surface area contributed by atoms with Gasteiger partial charge in [0, 0.05) is 54.8 Å². The number of carbonyl (C=O) groups is 3. The number of aromatic amines is 1. The molecule has 2 aromatic heterocycles. The minimum Gasteiger partial charge on any atom is -0.475 e. The third-order valence-electron chi connectivity index (χ3n) is 6.15. The average Bonchev–Trinajstić information content (AvgIpc) is 3.44. The van der Waals surface area contributed by atoms with Crippen molar-refractivity contribution in [2.24, 2.45) is 0 Å². The highest BCUT2D eigenvalue weighted by Crippen LogP contribution is 2.27. The molecule has 0 spiro atoms. The van der Waals surface area contributed by atoms with Crippen molar-refractivity contribution < 1.29 is 55.3 Å². The zero-order valence-electron chi connectivity index (χ0n) is 23.5. The van der Waals surface area contributed by atoms with E-state index in [9.17, 15) is 35.5 Å². The molecule has 0 fully saturated rings. The fourth-order valence-electron chi connectivity index (χ4n) is 4.00. The Kier molecular flexibility index (Phi) is 11.6. The number of hydrogen-bond acceptors (Lipinski definition) is 5. The highest BCUT2D eigenvalue weighted by atomic mass is 19.4. The summed E-state index contributed by atoms with van der Waals surface area (Å²) in [6.07, 6.45) is -7.56. The van der Waals surface area contributed by atoms with Gasteiger partial charge in [0.25, 0.3) is 5.91 Å². The molecule has 1 aliphatic heterocycles. The number of carboxylic acid groups (broad SMARTS) is 2. The van der Waals surface area contributed by atoms with Gasteiger partial charge in [0.05, 0.1) is 11.3 Å². The van der Waals surface area contributed by atoms with E-state index in [4.69, 9.17) is 19.8 Å². The molecule has 9 nitrogen and oxygen atoms in total. The molecule has 3 heterocycles. The summed E-state index contributed by atoms with van der Waals surface area (Å²) in [5.74, 6) is -5.76. The fourth-order valence-corrected chi connectivity index (χ4v) is 4.00. The number of carboxylic acids is 2. The van der Waals surface area contributed by atoms with Crippen molar-refractivity contribution in [2.75, 3.05) is 6.54 Å². The molecular weight excluding hydrogens is 629 g/mol. The van der Waals surface area contributed by atoms with E-state index in [0.29, 0.717) is 19.6 Å². The predicted octanol–water partition coefficient (Wildman–Crippen LogP) is 5.73. The maximum absolute atomic E-state index is 13.0. The number of aromatic nitrogens is 2.